The van der Waals surface area contributed by atoms with Gasteiger partial charge in [0.05, 0.1) is 0 Å². The maximum atomic E-state index is 12.2. The summed E-state index contributed by atoms with van der Waals surface area (Å²) in [5, 5.41) is 2.50. The Hall–Kier alpha value is -2.41. The van der Waals surface area contributed by atoms with Crippen LogP contribution in [0.1, 0.15) is 48.4 Å². The van der Waals surface area contributed by atoms with Crippen LogP contribution in [-0.4, -0.2) is 36.5 Å². The fourth-order valence-electron chi connectivity index (χ4n) is 1.64. The van der Waals surface area contributed by atoms with Gasteiger partial charge in [0, 0.05) is 18.2 Å². The number of nitrogens with one attached hydrogen (secondary N) is 2. The molecule has 0 fully saturated rings. The van der Waals surface area contributed by atoms with Gasteiger partial charge in [0.1, 0.15) is 11.6 Å². The molecule has 7 heteroatoms. The zero-order chi connectivity index (χ0) is 17.6. The van der Waals surface area contributed by atoms with Crippen molar-refractivity contribution in [2.45, 2.75) is 39.3 Å². The largest absolute Gasteiger partial charge is 0.528 e. The summed E-state index contributed by atoms with van der Waals surface area (Å²) in [6.07, 6.45) is -0.910. The molecule has 0 spiro atoms. The molecule has 1 rings (SSSR count). The molecule has 23 heavy (non-hydrogen) atoms. The summed E-state index contributed by atoms with van der Waals surface area (Å²) in [7, 11) is 1.53. The zero-order valence-electron chi connectivity index (χ0n) is 13.9. The normalized spacial score (nSPS) is 12.2. The van der Waals surface area contributed by atoms with Gasteiger partial charge in [0.25, 0.3) is 5.91 Å². The van der Waals surface area contributed by atoms with Crippen molar-refractivity contribution in [1.29, 1.82) is 0 Å². The van der Waals surface area contributed by atoms with Crippen LogP contribution >= 0.6 is 0 Å². The van der Waals surface area contributed by atoms with Crippen LogP contribution in [0.4, 0.5) is 4.79 Å². The molecule has 0 aliphatic carbocycles. The number of carbonyl (C=O) groups is 3. The van der Waals surface area contributed by atoms with E-state index in [0.717, 1.165) is 0 Å². The van der Waals surface area contributed by atoms with Crippen LogP contribution in [0.15, 0.2) is 24.3 Å². The maximum Gasteiger partial charge on any atom is 0.528 e. The second-order valence-electron chi connectivity index (χ2n) is 5.93. The van der Waals surface area contributed by atoms with Crippen LogP contribution in [0.3, 0.4) is 0 Å². The molecule has 1 aromatic carbocycles. The number of hydrogen-bond acceptors (Lipinski definition) is 6. The Labute approximate surface area is 135 Å². The summed E-state index contributed by atoms with van der Waals surface area (Å²) in [5.74, 6) is -0.513. The molecular weight excluding hydrogens is 300 g/mol. The van der Waals surface area contributed by atoms with E-state index >= 15 is 0 Å². The quantitative estimate of drug-likeness (QED) is 0.490. The van der Waals surface area contributed by atoms with Crippen molar-refractivity contribution in [3.63, 3.8) is 0 Å². The lowest BCUT2D eigenvalue weighted by Crippen LogP contribution is -2.37. The molecule has 0 aromatic heterocycles. The number of ketones is 1. The van der Waals surface area contributed by atoms with Gasteiger partial charge < -0.3 is 14.9 Å². The summed E-state index contributed by atoms with van der Waals surface area (Å²) < 4.78 is 4.95. The molecule has 0 heterocycles. The Kier molecular flexibility index (Phi) is 6.27. The van der Waals surface area contributed by atoms with E-state index in [1.165, 1.54) is 7.05 Å². The van der Waals surface area contributed by atoms with Crippen molar-refractivity contribution in [1.82, 2.24) is 10.8 Å². The molecule has 2 N–H and O–H groups in total. The number of rotatable bonds is 5. The predicted octanol–water partition coefficient (Wildman–Crippen LogP) is 2.07. The summed E-state index contributed by atoms with van der Waals surface area (Å²) in [6, 6.07) is 5.42. The molecule has 0 aliphatic heterocycles. The van der Waals surface area contributed by atoms with Crippen LogP contribution in [0.25, 0.3) is 0 Å². The van der Waals surface area contributed by atoms with Gasteiger partial charge in [0.15, 0.2) is 5.78 Å². The Bertz CT molecular complexity index is 575. The minimum atomic E-state index is -0.910. The van der Waals surface area contributed by atoms with Crippen LogP contribution in [-0.2, 0) is 9.57 Å². The monoisotopic (exact) mass is 322 g/mol. The Morgan fingerprint density at radius 3 is 2.04 bits per heavy atom. The van der Waals surface area contributed by atoms with Crippen LogP contribution in [0.5, 0.6) is 0 Å². The highest BCUT2D eigenvalue weighted by molar-refractivity contribution is 6.01. The lowest BCUT2D eigenvalue weighted by atomic mass is 10.0. The summed E-state index contributed by atoms with van der Waals surface area (Å²) in [4.78, 5) is 39.8. The van der Waals surface area contributed by atoms with Crippen molar-refractivity contribution in [2.24, 2.45) is 0 Å². The molecule has 0 radical (unpaired) electrons. The highest BCUT2D eigenvalue weighted by Gasteiger charge is 2.21. The standard InChI is InChI=1S/C16H22N2O5/c1-10(18-23-15(21)22-16(2,3)4)13(19)11-6-8-12(9-7-11)14(20)17-5/h6-10,18H,1-5H3,(H,17,20)/t10-/m0/s1. The van der Waals surface area contributed by atoms with Gasteiger partial charge in [-0.05, 0) is 39.8 Å². The molecule has 0 saturated carbocycles. The van der Waals surface area contributed by atoms with E-state index in [-0.39, 0.29) is 11.7 Å². The molecule has 126 valence electrons. The number of hydrogen-bond donors (Lipinski definition) is 2. The molecule has 1 atom stereocenters. The van der Waals surface area contributed by atoms with E-state index in [4.69, 9.17) is 9.57 Å². The minimum Gasteiger partial charge on any atom is -0.427 e. The molecular formula is C16H22N2O5. The number of benzene rings is 1. The van der Waals surface area contributed by atoms with Crippen LogP contribution < -0.4 is 10.8 Å². The number of carbonyl (C=O) groups excluding carboxylic acids is 3. The smallest absolute Gasteiger partial charge is 0.427 e. The lowest BCUT2D eigenvalue weighted by Gasteiger charge is -2.19. The van der Waals surface area contributed by atoms with Gasteiger partial charge in [-0.2, -0.15) is 0 Å². The van der Waals surface area contributed by atoms with E-state index in [9.17, 15) is 14.4 Å². The number of hydroxylamine groups is 1. The minimum absolute atomic E-state index is 0.233. The lowest BCUT2D eigenvalue weighted by molar-refractivity contribution is -0.0364. The second kappa shape index (κ2) is 7.73. The van der Waals surface area contributed by atoms with E-state index in [0.29, 0.717) is 11.1 Å². The number of ether oxygens (including phenoxy) is 1. The number of amides is 1. The number of Topliss-reactive ketones (excluding diaryl/α,β-unsaturated/α-hetero) is 1. The second-order valence-corrected chi connectivity index (χ2v) is 5.93. The van der Waals surface area contributed by atoms with Gasteiger partial charge in [-0.15, -0.1) is 5.48 Å². The summed E-state index contributed by atoms with van der Waals surface area (Å²) in [5.41, 5.74) is 2.52. The molecule has 1 aromatic rings. The molecule has 7 nitrogen and oxygen atoms in total. The molecule has 0 bridgehead atoms. The van der Waals surface area contributed by atoms with Crippen molar-refractivity contribution >= 4 is 17.8 Å². The molecule has 0 unspecified atom stereocenters. The Morgan fingerprint density at radius 2 is 1.57 bits per heavy atom. The third kappa shape index (κ3) is 6.07. The molecule has 0 saturated heterocycles. The van der Waals surface area contributed by atoms with Gasteiger partial charge >= 0.3 is 6.16 Å². The fraction of sp³-hybridized carbons (Fsp3) is 0.438. The average Bonchev–Trinajstić information content (AvgIpc) is 2.49. The summed E-state index contributed by atoms with van der Waals surface area (Å²) in [6.45, 7) is 6.67. The maximum absolute atomic E-state index is 12.2. The highest BCUT2D eigenvalue weighted by atomic mass is 16.8. The topological polar surface area (TPSA) is 93.7 Å². The summed E-state index contributed by atoms with van der Waals surface area (Å²) >= 11 is 0. The van der Waals surface area contributed by atoms with E-state index < -0.39 is 17.8 Å². The Balaban J connectivity index is 2.60. The first-order valence-corrected chi connectivity index (χ1v) is 7.15. The highest BCUT2D eigenvalue weighted by Crippen LogP contribution is 2.09. The first kappa shape index (κ1) is 18.6. The zero-order valence-corrected chi connectivity index (χ0v) is 13.9. The van der Waals surface area contributed by atoms with Gasteiger partial charge in [-0.1, -0.05) is 12.1 Å². The fourth-order valence-corrected chi connectivity index (χ4v) is 1.64. The van der Waals surface area contributed by atoms with Crippen LogP contribution in [0, 0.1) is 0 Å². The van der Waals surface area contributed by atoms with Gasteiger partial charge in [0.2, 0.25) is 0 Å². The molecule has 1 amide bonds. The van der Waals surface area contributed by atoms with Crippen molar-refractivity contribution in [3.05, 3.63) is 35.4 Å². The predicted molar refractivity (Wildman–Crippen MR) is 84.1 cm³/mol. The van der Waals surface area contributed by atoms with Crippen molar-refractivity contribution < 1.29 is 24.0 Å². The first-order chi connectivity index (χ1) is 10.6. The van der Waals surface area contributed by atoms with E-state index in [2.05, 4.69) is 10.8 Å². The van der Waals surface area contributed by atoms with Gasteiger partial charge in [-0.3, -0.25) is 9.59 Å². The SMILES string of the molecule is CNC(=O)c1ccc(C(=O)[C@H](C)NOC(=O)OC(C)(C)C)cc1. The van der Waals surface area contributed by atoms with E-state index in [1.54, 1.807) is 52.0 Å². The van der Waals surface area contributed by atoms with E-state index in [1.807, 2.05) is 0 Å². The van der Waals surface area contributed by atoms with Crippen molar-refractivity contribution in [2.75, 3.05) is 7.05 Å². The first-order valence-electron chi connectivity index (χ1n) is 7.15. The third-order valence-electron chi connectivity index (χ3n) is 2.76. The average molecular weight is 322 g/mol. The molecule has 0 aliphatic rings. The van der Waals surface area contributed by atoms with Crippen molar-refractivity contribution in [3.8, 4) is 0 Å². The van der Waals surface area contributed by atoms with Crippen LogP contribution in [0.2, 0.25) is 0 Å². The van der Waals surface area contributed by atoms with Gasteiger partial charge in [-0.25, -0.2) is 4.79 Å². The Morgan fingerprint density at radius 1 is 1.04 bits per heavy atom. The third-order valence-corrected chi connectivity index (χ3v) is 2.76.